The SMILES string of the molecule is C=C(C[C@H](C)c1nnc(C)n1-c1sc(C)c(C)c1/C(=C(\C)CC)c1ccc(Cl)cc1)NCCCCCCCCN1CCN(c2ccc(CC(=O)NC3CCC(=C4CCC4)NC3=O)cc2)CC1.CCCC. The maximum absolute atomic E-state index is 12.8. The summed E-state index contributed by atoms with van der Waals surface area (Å²) >= 11 is 8.14. The molecule has 1 saturated carbocycles. The number of allylic oxidation sites excluding steroid dienone is 4. The van der Waals surface area contributed by atoms with Gasteiger partial charge in [-0.3, -0.25) is 19.1 Å². The molecule has 2 atom stereocenters. The molecule has 2 aromatic carbocycles. The lowest BCUT2D eigenvalue weighted by Gasteiger charge is -2.36. The van der Waals surface area contributed by atoms with Crippen molar-refractivity contribution in [3.8, 4) is 5.00 Å². The van der Waals surface area contributed by atoms with Gasteiger partial charge in [0.25, 0.3) is 0 Å². The fourth-order valence-electron chi connectivity index (χ4n) is 9.63. The highest BCUT2D eigenvalue weighted by Crippen LogP contribution is 2.42. The van der Waals surface area contributed by atoms with E-state index in [4.69, 9.17) is 16.7 Å². The number of rotatable bonds is 22. The Labute approximate surface area is 429 Å². The van der Waals surface area contributed by atoms with Gasteiger partial charge in [0.15, 0.2) is 0 Å². The highest BCUT2D eigenvalue weighted by atomic mass is 35.5. The van der Waals surface area contributed by atoms with Gasteiger partial charge in [0.1, 0.15) is 22.7 Å². The maximum Gasteiger partial charge on any atom is 0.246 e. The van der Waals surface area contributed by atoms with Crippen molar-refractivity contribution in [3.05, 3.63) is 121 Å². The Balaban J connectivity index is 0.00000193. The van der Waals surface area contributed by atoms with E-state index in [1.807, 2.05) is 23.5 Å². The van der Waals surface area contributed by atoms with E-state index in [9.17, 15) is 9.59 Å². The summed E-state index contributed by atoms with van der Waals surface area (Å²) in [6.07, 6.45) is 17.0. The molecule has 2 saturated heterocycles. The number of amides is 2. The molecule has 1 unspecified atom stereocenters. The van der Waals surface area contributed by atoms with Gasteiger partial charge >= 0.3 is 0 Å². The van der Waals surface area contributed by atoms with Crippen molar-refractivity contribution in [1.29, 1.82) is 0 Å². The van der Waals surface area contributed by atoms with Crippen LogP contribution in [0, 0.1) is 20.8 Å². The molecule has 10 nitrogen and oxygen atoms in total. The third-order valence-electron chi connectivity index (χ3n) is 14.6. The van der Waals surface area contributed by atoms with Crippen molar-refractivity contribution < 1.29 is 9.59 Å². The lowest BCUT2D eigenvalue weighted by Crippen LogP contribution is -2.50. The van der Waals surface area contributed by atoms with Gasteiger partial charge in [-0.05, 0) is 139 Å². The Morgan fingerprint density at radius 1 is 0.900 bits per heavy atom. The molecule has 0 radical (unpaired) electrons. The number of nitrogens with one attached hydrogen (secondary N) is 3. The summed E-state index contributed by atoms with van der Waals surface area (Å²) in [5, 5.41) is 20.9. The van der Waals surface area contributed by atoms with Crippen molar-refractivity contribution in [2.24, 2.45) is 0 Å². The number of thiophene rings is 1. The summed E-state index contributed by atoms with van der Waals surface area (Å²) in [6, 6.07) is 16.2. The summed E-state index contributed by atoms with van der Waals surface area (Å²) in [5.74, 6) is 1.83. The van der Waals surface area contributed by atoms with Gasteiger partial charge < -0.3 is 20.9 Å². The molecule has 2 aliphatic heterocycles. The van der Waals surface area contributed by atoms with Gasteiger partial charge in [-0.15, -0.1) is 21.5 Å². The smallest absolute Gasteiger partial charge is 0.246 e. The van der Waals surface area contributed by atoms with Gasteiger partial charge in [-0.25, -0.2) is 0 Å². The molecule has 3 fully saturated rings. The third kappa shape index (κ3) is 14.9. The molecule has 3 N–H and O–H groups in total. The second-order valence-electron chi connectivity index (χ2n) is 19.9. The number of piperidine rings is 1. The van der Waals surface area contributed by atoms with Crippen molar-refractivity contribution >= 4 is 46.0 Å². The number of unbranched alkanes of at least 4 members (excludes halogenated alkanes) is 6. The molecular formula is C58H83ClN8O2S. The second-order valence-corrected chi connectivity index (χ2v) is 21.6. The van der Waals surface area contributed by atoms with Crippen LogP contribution in [-0.2, 0) is 16.0 Å². The number of piperazine rings is 1. The van der Waals surface area contributed by atoms with Gasteiger partial charge in [-0.2, -0.15) is 0 Å². The average Bonchev–Trinajstić information content (AvgIpc) is 3.86. The fraction of sp³-hybridized carbons (Fsp3) is 0.552. The lowest BCUT2D eigenvalue weighted by atomic mass is 9.87. The third-order valence-corrected chi connectivity index (χ3v) is 16.0. The summed E-state index contributed by atoms with van der Waals surface area (Å²) in [4.78, 5) is 31.7. The average molecular weight is 992 g/mol. The fourth-order valence-corrected chi connectivity index (χ4v) is 11.0. The Hall–Kier alpha value is -4.71. The van der Waals surface area contributed by atoms with Crippen LogP contribution < -0.4 is 20.9 Å². The van der Waals surface area contributed by atoms with Gasteiger partial charge in [0.05, 0.1) is 6.42 Å². The molecule has 7 rings (SSSR count). The molecule has 2 amide bonds. The van der Waals surface area contributed by atoms with Crippen LogP contribution in [0.5, 0.6) is 0 Å². The topological polar surface area (TPSA) is 107 Å². The van der Waals surface area contributed by atoms with Crippen LogP contribution in [0.15, 0.2) is 77.7 Å². The lowest BCUT2D eigenvalue weighted by molar-refractivity contribution is -0.129. The zero-order chi connectivity index (χ0) is 50.2. The van der Waals surface area contributed by atoms with E-state index >= 15 is 0 Å². The normalized spacial score (nSPS) is 17.0. The molecule has 380 valence electrons. The minimum absolute atomic E-state index is 0.0764. The summed E-state index contributed by atoms with van der Waals surface area (Å²) in [5.41, 5.74) is 12.0. The number of carbonyl (C=O) groups is 2. The van der Waals surface area contributed by atoms with Crippen molar-refractivity contribution in [2.45, 2.75) is 170 Å². The van der Waals surface area contributed by atoms with Crippen LogP contribution in [0.25, 0.3) is 10.6 Å². The van der Waals surface area contributed by atoms with Crippen molar-refractivity contribution in [3.63, 3.8) is 0 Å². The van der Waals surface area contributed by atoms with E-state index in [1.165, 1.54) is 100 Å². The van der Waals surface area contributed by atoms with E-state index in [0.717, 1.165) is 111 Å². The monoisotopic (exact) mass is 991 g/mol. The molecule has 12 heteroatoms. The molecule has 4 aromatic rings. The van der Waals surface area contributed by atoms with E-state index in [2.05, 4.69) is 134 Å². The molecule has 3 aliphatic rings. The zero-order valence-corrected chi connectivity index (χ0v) is 45.4. The maximum atomic E-state index is 12.8. The zero-order valence-electron chi connectivity index (χ0n) is 43.9. The molecule has 4 heterocycles. The van der Waals surface area contributed by atoms with Crippen LogP contribution in [0.2, 0.25) is 5.02 Å². The van der Waals surface area contributed by atoms with Gasteiger partial charge in [0, 0.05) is 71.2 Å². The molecular weight excluding hydrogens is 908 g/mol. The standard InChI is InChI=1S/C54H73ClN8O2S.C4H10/c1-8-36(2)50(44-20-22-45(55)23-21-44)51-39(5)40(6)66-54(51)63-41(7)59-60-52(63)37(3)34-38(4)56-28-13-11-9-10-12-14-29-61-30-32-62(33-31-61)46-24-18-42(19-25-46)35-49(64)57-48-27-26-47(58-53(48)65)43-16-15-17-43;1-3-4-2/h18-25,37,48,56H,4,8-17,26-35H2,1-3,5-7H3,(H,57,64)(H,58,65);3-4H2,1-2H3/b50-36+;/t37-,48?;/m0./s1. The minimum atomic E-state index is -0.444. The van der Waals surface area contributed by atoms with Crippen molar-refractivity contribution in [2.75, 3.05) is 44.2 Å². The number of hydrogen-bond donors (Lipinski definition) is 3. The van der Waals surface area contributed by atoms with E-state index in [0.29, 0.717) is 6.42 Å². The molecule has 0 bridgehead atoms. The predicted molar refractivity (Wildman–Crippen MR) is 294 cm³/mol. The van der Waals surface area contributed by atoms with Crippen LogP contribution in [0.1, 0.15) is 176 Å². The molecule has 1 aliphatic carbocycles. The molecule has 70 heavy (non-hydrogen) atoms. The Kier molecular flexibility index (Phi) is 21.2. The molecule has 0 spiro atoms. The molecule has 2 aromatic heterocycles. The van der Waals surface area contributed by atoms with E-state index in [1.54, 1.807) is 0 Å². The number of halogens is 1. The van der Waals surface area contributed by atoms with Crippen LogP contribution >= 0.6 is 22.9 Å². The van der Waals surface area contributed by atoms with Crippen LogP contribution in [0.3, 0.4) is 0 Å². The minimum Gasteiger partial charge on any atom is -0.389 e. The van der Waals surface area contributed by atoms with E-state index in [-0.39, 0.29) is 24.2 Å². The number of benzene rings is 2. The summed E-state index contributed by atoms with van der Waals surface area (Å²) in [6.45, 7) is 28.3. The number of hydrogen-bond acceptors (Lipinski definition) is 8. The van der Waals surface area contributed by atoms with E-state index < -0.39 is 6.04 Å². The quantitative estimate of drug-likeness (QED) is 0.0673. The Morgan fingerprint density at radius 2 is 1.57 bits per heavy atom. The Bertz CT molecular complexity index is 2400. The van der Waals surface area contributed by atoms with Crippen LogP contribution in [0.4, 0.5) is 5.69 Å². The van der Waals surface area contributed by atoms with Crippen molar-refractivity contribution in [1.82, 2.24) is 35.6 Å². The first-order valence-electron chi connectivity index (χ1n) is 26.6. The number of aromatic nitrogens is 3. The first kappa shape index (κ1) is 54.6. The summed E-state index contributed by atoms with van der Waals surface area (Å²) < 4.78 is 2.28. The second kappa shape index (κ2) is 27.2. The first-order chi connectivity index (χ1) is 33.8. The highest BCUT2D eigenvalue weighted by Gasteiger charge is 2.30. The number of aryl methyl sites for hydroxylation is 2. The predicted octanol–water partition coefficient (Wildman–Crippen LogP) is 13.1. The number of carbonyl (C=O) groups excluding carboxylic acids is 2. The number of anilines is 1. The van der Waals surface area contributed by atoms with Gasteiger partial charge in [-0.1, -0.05) is 120 Å². The highest BCUT2D eigenvalue weighted by molar-refractivity contribution is 7.15. The van der Waals surface area contributed by atoms with Crippen LogP contribution in [-0.4, -0.2) is 76.8 Å². The Morgan fingerprint density at radius 3 is 2.20 bits per heavy atom. The number of nitrogens with zero attached hydrogens (tertiary/aromatic N) is 5. The largest absolute Gasteiger partial charge is 0.389 e. The van der Waals surface area contributed by atoms with Gasteiger partial charge in [0.2, 0.25) is 11.8 Å². The first-order valence-corrected chi connectivity index (χ1v) is 27.8. The summed E-state index contributed by atoms with van der Waals surface area (Å²) in [7, 11) is 0.